The summed E-state index contributed by atoms with van der Waals surface area (Å²) in [5.74, 6) is 0.117. The molecule has 1 fully saturated rings. The predicted molar refractivity (Wildman–Crippen MR) is 55.1 cm³/mol. The molecule has 82 valence electrons. The molecule has 0 bridgehead atoms. The normalized spacial score (nSPS) is 21.7. The lowest BCUT2D eigenvalue weighted by molar-refractivity contribution is 0.573. The standard InChI is InChI=1S/C9H13N3O2S/c13-15(14,7-8-2-1-3-11-8)9-6-10-4-5-12-9/h4-6,8,11H,1-3,7H2/t8-/m1/s1. The quantitative estimate of drug-likeness (QED) is 0.787. The summed E-state index contributed by atoms with van der Waals surface area (Å²) < 4.78 is 23.7. The molecule has 0 spiro atoms. The van der Waals surface area contributed by atoms with Gasteiger partial charge < -0.3 is 5.32 Å². The molecule has 1 aromatic rings. The Kier molecular flexibility index (Phi) is 2.97. The molecule has 5 nitrogen and oxygen atoms in total. The first kappa shape index (κ1) is 10.5. The van der Waals surface area contributed by atoms with Gasteiger partial charge in [-0.25, -0.2) is 13.4 Å². The largest absolute Gasteiger partial charge is 0.313 e. The summed E-state index contributed by atoms with van der Waals surface area (Å²) in [6, 6.07) is 0.0667. The Hall–Kier alpha value is -1.01. The molecule has 2 heterocycles. The van der Waals surface area contributed by atoms with Crippen LogP contribution in [0.2, 0.25) is 0 Å². The maximum atomic E-state index is 11.8. The number of sulfone groups is 1. The molecule has 0 saturated carbocycles. The number of nitrogens with one attached hydrogen (secondary N) is 1. The lowest BCUT2D eigenvalue weighted by Gasteiger charge is -2.09. The summed E-state index contributed by atoms with van der Waals surface area (Å²) in [5, 5.41) is 3.22. The van der Waals surface area contributed by atoms with E-state index in [0.717, 1.165) is 19.4 Å². The third-order valence-electron chi connectivity index (χ3n) is 2.44. The summed E-state index contributed by atoms with van der Waals surface area (Å²) in [5.41, 5.74) is 0. The molecule has 0 unspecified atom stereocenters. The second-order valence-corrected chi connectivity index (χ2v) is 5.60. The first-order valence-electron chi connectivity index (χ1n) is 4.91. The third-order valence-corrected chi connectivity index (χ3v) is 4.13. The minimum absolute atomic E-state index is 0.0667. The molecule has 1 N–H and O–H groups in total. The van der Waals surface area contributed by atoms with Gasteiger partial charge in [0, 0.05) is 18.4 Å². The van der Waals surface area contributed by atoms with Gasteiger partial charge in [-0.3, -0.25) is 4.98 Å². The first-order chi connectivity index (χ1) is 7.18. The number of aromatic nitrogens is 2. The smallest absolute Gasteiger partial charge is 0.198 e. The van der Waals surface area contributed by atoms with Crippen molar-refractivity contribution in [2.24, 2.45) is 0 Å². The molecule has 6 heteroatoms. The van der Waals surface area contributed by atoms with Crippen LogP contribution in [0, 0.1) is 0 Å². The molecule has 15 heavy (non-hydrogen) atoms. The zero-order valence-electron chi connectivity index (χ0n) is 8.26. The van der Waals surface area contributed by atoms with Gasteiger partial charge in [0.25, 0.3) is 0 Å². The number of hydrogen-bond donors (Lipinski definition) is 1. The average molecular weight is 227 g/mol. The van der Waals surface area contributed by atoms with E-state index in [-0.39, 0.29) is 16.8 Å². The van der Waals surface area contributed by atoms with Crippen molar-refractivity contribution in [2.45, 2.75) is 23.9 Å². The van der Waals surface area contributed by atoms with Crippen LogP contribution in [0.1, 0.15) is 12.8 Å². The summed E-state index contributed by atoms with van der Waals surface area (Å²) in [6.07, 6.45) is 6.12. The van der Waals surface area contributed by atoms with E-state index in [1.807, 2.05) is 0 Å². The maximum absolute atomic E-state index is 11.8. The average Bonchev–Trinajstić information content (AvgIpc) is 2.71. The van der Waals surface area contributed by atoms with Crippen LogP contribution in [0.3, 0.4) is 0 Å². The fourth-order valence-corrected chi connectivity index (χ4v) is 3.12. The van der Waals surface area contributed by atoms with E-state index >= 15 is 0 Å². The molecular weight excluding hydrogens is 214 g/mol. The second kappa shape index (κ2) is 4.24. The highest BCUT2D eigenvalue weighted by Gasteiger charge is 2.24. The lowest BCUT2D eigenvalue weighted by atomic mass is 10.3. The Bertz CT molecular complexity index is 412. The van der Waals surface area contributed by atoms with E-state index in [1.54, 1.807) is 0 Å². The number of nitrogens with zero attached hydrogens (tertiary/aromatic N) is 2. The predicted octanol–water partition coefficient (Wildman–Crippen LogP) is 0.00230. The molecule has 1 aromatic heterocycles. The minimum Gasteiger partial charge on any atom is -0.313 e. The molecule has 1 atom stereocenters. The van der Waals surface area contributed by atoms with Crippen molar-refractivity contribution >= 4 is 9.84 Å². The first-order valence-corrected chi connectivity index (χ1v) is 6.56. The van der Waals surface area contributed by atoms with Crippen molar-refractivity contribution in [3.8, 4) is 0 Å². The molecule has 0 aromatic carbocycles. The number of rotatable bonds is 3. The summed E-state index contributed by atoms with van der Waals surface area (Å²) in [6.45, 7) is 0.903. The van der Waals surface area contributed by atoms with Gasteiger partial charge >= 0.3 is 0 Å². The topological polar surface area (TPSA) is 72.0 Å². The van der Waals surface area contributed by atoms with Crippen LogP contribution < -0.4 is 5.32 Å². The van der Waals surface area contributed by atoms with Crippen molar-refractivity contribution < 1.29 is 8.42 Å². The zero-order chi connectivity index (χ0) is 10.7. The van der Waals surface area contributed by atoms with Gasteiger partial charge in [-0.1, -0.05) is 0 Å². The summed E-state index contributed by atoms with van der Waals surface area (Å²) in [7, 11) is -3.28. The Balaban J connectivity index is 2.13. The van der Waals surface area contributed by atoms with Gasteiger partial charge in [0.15, 0.2) is 14.9 Å². The Morgan fingerprint density at radius 3 is 2.93 bits per heavy atom. The van der Waals surface area contributed by atoms with E-state index < -0.39 is 9.84 Å². The van der Waals surface area contributed by atoms with Crippen molar-refractivity contribution in [2.75, 3.05) is 12.3 Å². The molecule has 1 aliphatic heterocycles. The van der Waals surface area contributed by atoms with Gasteiger partial charge in [0.2, 0.25) is 0 Å². The third kappa shape index (κ3) is 2.51. The van der Waals surface area contributed by atoms with Crippen molar-refractivity contribution in [1.82, 2.24) is 15.3 Å². The van der Waals surface area contributed by atoms with E-state index in [4.69, 9.17) is 0 Å². The van der Waals surface area contributed by atoms with E-state index in [2.05, 4.69) is 15.3 Å². The molecular formula is C9H13N3O2S. The SMILES string of the molecule is O=S(=O)(C[C@H]1CCCN1)c1cnccn1. The van der Waals surface area contributed by atoms with Crippen molar-refractivity contribution in [3.63, 3.8) is 0 Å². The van der Waals surface area contributed by atoms with Gasteiger partial charge in [0.1, 0.15) is 0 Å². The van der Waals surface area contributed by atoms with Crippen LogP contribution in [0.15, 0.2) is 23.6 Å². The zero-order valence-corrected chi connectivity index (χ0v) is 9.07. The molecule has 0 amide bonds. The summed E-state index contributed by atoms with van der Waals surface area (Å²) >= 11 is 0. The molecule has 0 radical (unpaired) electrons. The highest BCUT2D eigenvalue weighted by atomic mass is 32.2. The van der Waals surface area contributed by atoms with Crippen LogP contribution in [0.4, 0.5) is 0 Å². The molecule has 1 aliphatic rings. The number of hydrogen-bond acceptors (Lipinski definition) is 5. The monoisotopic (exact) mass is 227 g/mol. The van der Waals surface area contributed by atoms with Gasteiger partial charge in [-0.2, -0.15) is 0 Å². The fraction of sp³-hybridized carbons (Fsp3) is 0.556. The van der Waals surface area contributed by atoms with E-state index in [1.165, 1.54) is 18.6 Å². The van der Waals surface area contributed by atoms with E-state index in [9.17, 15) is 8.42 Å². The van der Waals surface area contributed by atoms with Crippen LogP contribution in [-0.2, 0) is 9.84 Å². The highest BCUT2D eigenvalue weighted by Crippen LogP contribution is 2.12. The van der Waals surface area contributed by atoms with Gasteiger partial charge in [-0.05, 0) is 19.4 Å². The minimum atomic E-state index is -3.28. The van der Waals surface area contributed by atoms with Crippen LogP contribution >= 0.6 is 0 Å². The van der Waals surface area contributed by atoms with Crippen molar-refractivity contribution in [1.29, 1.82) is 0 Å². The molecule has 0 aliphatic carbocycles. The summed E-state index contributed by atoms with van der Waals surface area (Å²) in [4.78, 5) is 7.58. The molecule has 1 saturated heterocycles. The van der Waals surface area contributed by atoms with E-state index in [0.29, 0.717) is 0 Å². The maximum Gasteiger partial charge on any atom is 0.198 e. The van der Waals surface area contributed by atoms with Crippen molar-refractivity contribution in [3.05, 3.63) is 18.6 Å². The second-order valence-electron chi connectivity index (χ2n) is 3.62. The molecule has 2 rings (SSSR count). The van der Waals surface area contributed by atoms with Gasteiger partial charge in [0.05, 0.1) is 11.9 Å². The Morgan fingerprint density at radius 2 is 2.33 bits per heavy atom. The Labute approximate surface area is 88.9 Å². The highest BCUT2D eigenvalue weighted by molar-refractivity contribution is 7.91. The fourth-order valence-electron chi connectivity index (χ4n) is 1.70. The van der Waals surface area contributed by atoms with Gasteiger partial charge in [-0.15, -0.1) is 0 Å². The Morgan fingerprint density at radius 1 is 1.47 bits per heavy atom. The lowest BCUT2D eigenvalue weighted by Crippen LogP contribution is -2.30. The van der Waals surface area contributed by atoms with Crippen LogP contribution in [0.5, 0.6) is 0 Å². The van der Waals surface area contributed by atoms with Crippen LogP contribution in [0.25, 0.3) is 0 Å². The van der Waals surface area contributed by atoms with Crippen LogP contribution in [-0.4, -0.2) is 36.7 Å².